The van der Waals surface area contributed by atoms with E-state index in [0.717, 1.165) is 41.2 Å². The molecule has 0 saturated heterocycles. The van der Waals surface area contributed by atoms with Crippen molar-refractivity contribution in [3.8, 4) is 16.9 Å². The summed E-state index contributed by atoms with van der Waals surface area (Å²) in [5.41, 5.74) is 8.00. The zero-order valence-electron chi connectivity index (χ0n) is 16.8. The van der Waals surface area contributed by atoms with E-state index in [0.29, 0.717) is 17.7 Å². The lowest BCUT2D eigenvalue weighted by atomic mass is 9.53. The monoisotopic (exact) mass is 391 g/mol. The molecule has 0 atom stereocenters. The average Bonchev–Trinajstić information content (AvgIpc) is 2.71. The Balaban J connectivity index is 1.14. The van der Waals surface area contributed by atoms with E-state index in [-0.39, 0.29) is 0 Å². The van der Waals surface area contributed by atoms with Crippen LogP contribution in [-0.2, 0) is 0 Å². The first-order valence-corrected chi connectivity index (χ1v) is 10.8. The topological polar surface area (TPSA) is 77.2 Å². The molecule has 0 unspecified atom stereocenters. The summed E-state index contributed by atoms with van der Waals surface area (Å²) in [6, 6.07) is 9.68. The molecule has 4 bridgehead atoms. The van der Waals surface area contributed by atoms with Gasteiger partial charge in [0.2, 0.25) is 5.91 Å². The van der Waals surface area contributed by atoms with Gasteiger partial charge in [-0.25, -0.2) is 0 Å². The largest absolute Gasteiger partial charge is 0.492 e. The lowest BCUT2D eigenvalue weighted by Crippen LogP contribution is -2.59. The van der Waals surface area contributed by atoms with E-state index in [4.69, 9.17) is 10.5 Å². The molecule has 1 heterocycles. The van der Waals surface area contributed by atoms with Crippen molar-refractivity contribution in [2.45, 2.75) is 44.1 Å². The Morgan fingerprint density at radius 2 is 1.69 bits per heavy atom. The molecule has 3 N–H and O–H groups in total. The Morgan fingerprint density at radius 3 is 2.31 bits per heavy atom. The van der Waals surface area contributed by atoms with Gasteiger partial charge < -0.3 is 15.8 Å². The fraction of sp³-hybridized carbons (Fsp3) is 0.500. The molecule has 1 aromatic heterocycles. The molecule has 4 aliphatic carbocycles. The summed E-state index contributed by atoms with van der Waals surface area (Å²) in [5.74, 6) is 3.28. The third kappa shape index (κ3) is 3.88. The molecule has 4 aliphatic rings. The van der Waals surface area contributed by atoms with Gasteiger partial charge in [0.25, 0.3) is 0 Å². The SMILES string of the molecule is NC(=O)c1cncc(-c2ccc(OCCNC34CC5CC(CC(C5)C3)C4)cc2)c1. The lowest BCUT2D eigenvalue weighted by molar-refractivity contribution is -0.0207. The van der Waals surface area contributed by atoms with E-state index in [2.05, 4.69) is 10.3 Å². The minimum atomic E-state index is -0.467. The van der Waals surface area contributed by atoms with Crippen LogP contribution in [-0.4, -0.2) is 29.6 Å². The summed E-state index contributed by atoms with van der Waals surface area (Å²) in [5, 5.41) is 3.87. The minimum Gasteiger partial charge on any atom is -0.492 e. The highest BCUT2D eigenvalue weighted by atomic mass is 16.5. The number of hydrogen-bond donors (Lipinski definition) is 2. The van der Waals surface area contributed by atoms with Crippen LogP contribution >= 0.6 is 0 Å². The van der Waals surface area contributed by atoms with Crippen molar-refractivity contribution in [1.82, 2.24) is 10.3 Å². The first kappa shape index (κ1) is 18.6. The first-order chi connectivity index (χ1) is 14.1. The highest BCUT2D eigenvalue weighted by Gasteiger charge is 2.50. The minimum absolute atomic E-state index is 0.389. The van der Waals surface area contributed by atoms with E-state index in [1.165, 1.54) is 44.7 Å². The van der Waals surface area contributed by atoms with Crippen LogP contribution in [0.1, 0.15) is 48.9 Å². The number of carbonyl (C=O) groups is 1. The maximum absolute atomic E-state index is 11.3. The second-order valence-electron chi connectivity index (χ2n) is 9.32. The van der Waals surface area contributed by atoms with Crippen LogP contribution in [0.5, 0.6) is 5.75 Å². The Hall–Kier alpha value is -2.40. The highest BCUT2D eigenvalue weighted by molar-refractivity contribution is 5.93. The van der Waals surface area contributed by atoms with Crippen LogP contribution in [0.2, 0.25) is 0 Å². The molecule has 2 aromatic rings. The second-order valence-corrected chi connectivity index (χ2v) is 9.32. The van der Waals surface area contributed by atoms with E-state index < -0.39 is 5.91 Å². The van der Waals surface area contributed by atoms with E-state index in [9.17, 15) is 4.79 Å². The van der Waals surface area contributed by atoms with Gasteiger partial charge in [-0.3, -0.25) is 9.78 Å². The van der Waals surface area contributed by atoms with Gasteiger partial charge in [-0.2, -0.15) is 0 Å². The summed E-state index contributed by atoms with van der Waals surface area (Å²) in [4.78, 5) is 15.4. The number of amides is 1. The summed E-state index contributed by atoms with van der Waals surface area (Å²) in [6.45, 7) is 1.58. The van der Waals surface area contributed by atoms with Crippen LogP contribution in [0.4, 0.5) is 0 Å². The standard InChI is InChI=1S/C24H29N3O2/c25-23(28)21-10-20(14-26-15-21)19-1-3-22(4-2-19)29-6-5-27-24-11-16-7-17(12-24)9-18(8-16)13-24/h1-4,10,14-18,27H,5-9,11-13H2,(H2,25,28). The summed E-state index contributed by atoms with van der Waals surface area (Å²) in [7, 11) is 0. The number of carbonyl (C=O) groups excluding carboxylic acids is 1. The molecule has 0 aliphatic heterocycles. The van der Waals surface area contributed by atoms with Crippen molar-refractivity contribution in [2.75, 3.05) is 13.2 Å². The number of aromatic nitrogens is 1. The normalized spacial score (nSPS) is 29.7. The number of ether oxygens (including phenoxy) is 1. The van der Waals surface area contributed by atoms with Crippen molar-refractivity contribution in [1.29, 1.82) is 0 Å². The average molecular weight is 392 g/mol. The Morgan fingerprint density at radius 1 is 1.03 bits per heavy atom. The molecule has 152 valence electrons. The fourth-order valence-electron chi connectivity index (χ4n) is 6.29. The van der Waals surface area contributed by atoms with E-state index in [1.807, 2.05) is 24.3 Å². The third-order valence-electron chi connectivity index (χ3n) is 7.12. The molecule has 6 rings (SSSR count). The summed E-state index contributed by atoms with van der Waals surface area (Å²) in [6.07, 6.45) is 11.7. The molecule has 0 radical (unpaired) electrons. The van der Waals surface area contributed by atoms with Crippen molar-refractivity contribution < 1.29 is 9.53 Å². The van der Waals surface area contributed by atoms with Gasteiger partial charge in [-0.15, -0.1) is 0 Å². The van der Waals surface area contributed by atoms with Gasteiger partial charge in [-0.05, 0) is 80.0 Å². The number of nitrogens with one attached hydrogen (secondary N) is 1. The van der Waals surface area contributed by atoms with Crippen molar-refractivity contribution in [3.63, 3.8) is 0 Å². The van der Waals surface area contributed by atoms with Gasteiger partial charge >= 0.3 is 0 Å². The van der Waals surface area contributed by atoms with Crippen molar-refractivity contribution in [3.05, 3.63) is 48.3 Å². The van der Waals surface area contributed by atoms with Crippen LogP contribution in [0.25, 0.3) is 11.1 Å². The number of nitrogens with zero attached hydrogens (tertiary/aromatic N) is 1. The van der Waals surface area contributed by atoms with E-state index in [1.54, 1.807) is 12.3 Å². The number of benzene rings is 1. The zero-order valence-corrected chi connectivity index (χ0v) is 16.8. The molecular weight excluding hydrogens is 362 g/mol. The smallest absolute Gasteiger partial charge is 0.250 e. The third-order valence-corrected chi connectivity index (χ3v) is 7.12. The Kier molecular flexibility index (Phi) is 4.78. The quantitative estimate of drug-likeness (QED) is 0.704. The second kappa shape index (κ2) is 7.45. The maximum Gasteiger partial charge on any atom is 0.250 e. The molecule has 29 heavy (non-hydrogen) atoms. The molecule has 4 fully saturated rings. The first-order valence-electron chi connectivity index (χ1n) is 10.8. The number of primary amides is 1. The predicted octanol–water partition coefficient (Wildman–Crippen LogP) is 3.78. The van der Waals surface area contributed by atoms with Crippen LogP contribution < -0.4 is 15.8 Å². The number of pyridine rings is 1. The van der Waals surface area contributed by atoms with E-state index >= 15 is 0 Å². The van der Waals surface area contributed by atoms with Gasteiger partial charge in [0.15, 0.2) is 0 Å². The number of hydrogen-bond acceptors (Lipinski definition) is 4. The summed E-state index contributed by atoms with van der Waals surface area (Å²) < 4.78 is 5.97. The molecular formula is C24H29N3O2. The zero-order chi connectivity index (χ0) is 19.8. The molecule has 0 spiro atoms. The van der Waals surface area contributed by atoms with Crippen molar-refractivity contribution in [2.24, 2.45) is 23.5 Å². The predicted molar refractivity (Wildman–Crippen MR) is 113 cm³/mol. The molecule has 4 saturated carbocycles. The van der Waals surface area contributed by atoms with Crippen LogP contribution in [0.15, 0.2) is 42.7 Å². The maximum atomic E-state index is 11.3. The fourth-order valence-corrected chi connectivity index (χ4v) is 6.29. The van der Waals surface area contributed by atoms with Gasteiger partial charge in [0.1, 0.15) is 12.4 Å². The molecule has 5 nitrogen and oxygen atoms in total. The van der Waals surface area contributed by atoms with Crippen LogP contribution in [0, 0.1) is 17.8 Å². The Bertz CT molecular complexity index is 858. The lowest BCUT2D eigenvalue weighted by Gasteiger charge is -2.57. The Labute approximate surface area is 172 Å². The molecule has 5 heteroatoms. The molecule has 1 aromatic carbocycles. The number of nitrogens with two attached hydrogens (primary N) is 1. The van der Waals surface area contributed by atoms with Gasteiger partial charge in [-0.1, -0.05) is 12.1 Å². The van der Waals surface area contributed by atoms with Gasteiger partial charge in [0, 0.05) is 30.0 Å². The van der Waals surface area contributed by atoms with Gasteiger partial charge in [0.05, 0.1) is 5.56 Å². The number of rotatable bonds is 7. The van der Waals surface area contributed by atoms with Crippen LogP contribution in [0.3, 0.4) is 0 Å². The molecule has 1 amide bonds. The highest BCUT2D eigenvalue weighted by Crippen LogP contribution is 2.55. The summed E-state index contributed by atoms with van der Waals surface area (Å²) >= 11 is 0. The van der Waals surface area contributed by atoms with Crippen molar-refractivity contribution >= 4 is 5.91 Å².